The Morgan fingerprint density at radius 1 is 1.35 bits per heavy atom. The lowest BCUT2D eigenvalue weighted by molar-refractivity contribution is 0.411. The zero-order valence-corrected chi connectivity index (χ0v) is 12.4. The molecule has 106 valence electrons. The van der Waals surface area contributed by atoms with Crippen molar-refractivity contribution in [3.8, 4) is 0 Å². The molecule has 0 amide bonds. The minimum Gasteiger partial charge on any atom is -0.264 e. The van der Waals surface area contributed by atoms with E-state index >= 15 is 0 Å². The molecule has 2 heterocycles. The normalized spacial score (nSPS) is 20.6. The average Bonchev–Trinajstić information content (AvgIpc) is 2.96. The Hall–Kier alpha value is -1.17. The van der Waals surface area contributed by atoms with Crippen molar-refractivity contribution in [2.45, 2.75) is 23.8 Å². The molecule has 1 fully saturated rings. The van der Waals surface area contributed by atoms with Gasteiger partial charge in [0.2, 0.25) is 10.0 Å². The first kappa shape index (κ1) is 13.8. The van der Waals surface area contributed by atoms with Gasteiger partial charge in [0.05, 0.1) is 4.90 Å². The summed E-state index contributed by atoms with van der Waals surface area (Å²) in [6, 6.07) is 6.92. The van der Waals surface area contributed by atoms with E-state index in [9.17, 15) is 8.42 Å². The smallest absolute Gasteiger partial charge is 0.243 e. The molecule has 1 aromatic carbocycles. The first-order chi connectivity index (χ1) is 9.64. The van der Waals surface area contributed by atoms with Crippen LogP contribution in [0.3, 0.4) is 0 Å². The Morgan fingerprint density at radius 2 is 2.20 bits per heavy atom. The summed E-state index contributed by atoms with van der Waals surface area (Å²) >= 11 is 5.90. The third-order valence-corrected chi connectivity index (χ3v) is 6.09. The van der Waals surface area contributed by atoms with Crippen molar-refractivity contribution in [2.24, 2.45) is 0 Å². The maximum Gasteiger partial charge on any atom is 0.243 e. The summed E-state index contributed by atoms with van der Waals surface area (Å²) in [6.07, 6.45) is 4.99. The van der Waals surface area contributed by atoms with E-state index in [4.69, 9.17) is 11.6 Å². The molecule has 0 aliphatic carbocycles. The number of fused-ring (bicyclic) bond motifs is 1. The summed E-state index contributed by atoms with van der Waals surface area (Å²) in [4.78, 5) is 4.38. The minimum absolute atomic E-state index is 0.0984. The van der Waals surface area contributed by atoms with Crippen molar-refractivity contribution in [1.29, 1.82) is 0 Å². The van der Waals surface area contributed by atoms with E-state index in [1.54, 1.807) is 30.6 Å². The maximum atomic E-state index is 12.9. The summed E-state index contributed by atoms with van der Waals surface area (Å²) in [5.74, 6) is 0.339. The first-order valence-corrected chi connectivity index (χ1v) is 8.52. The Labute approximate surface area is 123 Å². The van der Waals surface area contributed by atoms with E-state index in [1.165, 1.54) is 4.31 Å². The SMILES string of the molecule is O=S(=O)(c1cccc2cnccc12)N1CCC[C@@H]1CCl. The molecule has 1 atom stereocenters. The van der Waals surface area contributed by atoms with Gasteiger partial charge in [-0.25, -0.2) is 8.42 Å². The standard InChI is InChI=1S/C14H15ClN2O2S/c15-9-12-4-2-8-17(12)20(18,19)14-5-1-3-11-10-16-7-6-13(11)14/h1,3,5-7,10,12H,2,4,8-9H2/t12-/m1/s1. The topological polar surface area (TPSA) is 50.3 Å². The van der Waals surface area contributed by atoms with Crippen molar-refractivity contribution >= 4 is 32.4 Å². The Bertz CT molecular complexity index is 728. The number of alkyl halides is 1. The van der Waals surface area contributed by atoms with Gasteiger partial charge in [-0.3, -0.25) is 4.98 Å². The van der Waals surface area contributed by atoms with Crippen molar-refractivity contribution in [3.05, 3.63) is 36.7 Å². The molecule has 6 heteroatoms. The molecule has 1 saturated heterocycles. The highest BCUT2D eigenvalue weighted by atomic mass is 35.5. The van der Waals surface area contributed by atoms with Gasteiger partial charge in [-0.1, -0.05) is 12.1 Å². The van der Waals surface area contributed by atoms with Crippen LogP contribution in [0.4, 0.5) is 0 Å². The predicted octanol–water partition coefficient (Wildman–Crippen LogP) is 2.63. The fourth-order valence-electron chi connectivity index (χ4n) is 2.72. The number of halogens is 1. The van der Waals surface area contributed by atoms with E-state index in [2.05, 4.69) is 4.98 Å². The largest absolute Gasteiger partial charge is 0.264 e. The van der Waals surface area contributed by atoms with Crippen molar-refractivity contribution < 1.29 is 8.42 Å². The third kappa shape index (κ3) is 2.20. The lowest BCUT2D eigenvalue weighted by Crippen LogP contribution is -2.36. The molecule has 3 rings (SSSR count). The fourth-order valence-corrected chi connectivity index (χ4v) is 5.04. The summed E-state index contributed by atoms with van der Waals surface area (Å²) in [5.41, 5.74) is 0. The fraction of sp³-hybridized carbons (Fsp3) is 0.357. The second-order valence-corrected chi connectivity index (χ2v) is 7.09. The summed E-state index contributed by atoms with van der Waals surface area (Å²) in [5, 5.41) is 1.54. The predicted molar refractivity (Wildman–Crippen MR) is 79.4 cm³/mol. The summed E-state index contributed by atoms with van der Waals surface area (Å²) < 4.78 is 27.3. The molecular weight excluding hydrogens is 296 g/mol. The summed E-state index contributed by atoms with van der Waals surface area (Å²) in [6.45, 7) is 0.543. The van der Waals surface area contributed by atoms with Gasteiger partial charge in [0, 0.05) is 41.6 Å². The van der Waals surface area contributed by atoms with Crippen molar-refractivity contribution in [3.63, 3.8) is 0 Å². The van der Waals surface area contributed by atoms with Gasteiger partial charge < -0.3 is 0 Å². The van der Waals surface area contributed by atoms with Crippen LogP contribution < -0.4 is 0 Å². The number of hydrogen-bond acceptors (Lipinski definition) is 3. The number of nitrogens with zero attached hydrogens (tertiary/aromatic N) is 2. The highest BCUT2D eigenvalue weighted by Gasteiger charge is 2.35. The zero-order chi connectivity index (χ0) is 14.2. The molecule has 0 spiro atoms. The molecule has 1 aliphatic heterocycles. The highest BCUT2D eigenvalue weighted by Crippen LogP contribution is 2.30. The van der Waals surface area contributed by atoms with Crippen LogP contribution in [0.2, 0.25) is 0 Å². The van der Waals surface area contributed by atoms with Crippen LogP contribution in [0.1, 0.15) is 12.8 Å². The van der Waals surface area contributed by atoms with E-state index in [-0.39, 0.29) is 6.04 Å². The van der Waals surface area contributed by atoms with Gasteiger partial charge in [-0.05, 0) is 25.0 Å². The van der Waals surface area contributed by atoms with Gasteiger partial charge in [-0.2, -0.15) is 4.31 Å². The van der Waals surface area contributed by atoms with Gasteiger partial charge in [0.15, 0.2) is 0 Å². The first-order valence-electron chi connectivity index (χ1n) is 6.55. The molecule has 0 saturated carbocycles. The van der Waals surface area contributed by atoms with Gasteiger partial charge >= 0.3 is 0 Å². The molecule has 0 unspecified atom stereocenters. The van der Waals surface area contributed by atoms with Crippen LogP contribution in [0.5, 0.6) is 0 Å². The number of hydrogen-bond donors (Lipinski definition) is 0. The quantitative estimate of drug-likeness (QED) is 0.819. The second kappa shape index (κ2) is 5.31. The van der Waals surface area contributed by atoms with Gasteiger partial charge in [0.1, 0.15) is 0 Å². The molecule has 0 radical (unpaired) electrons. The van der Waals surface area contributed by atoms with E-state index in [0.717, 1.165) is 18.2 Å². The van der Waals surface area contributed by atoms with Crippen molar-refractivity contribution in [1.82, 2.24) is 9.29 Å². The molecule has 0 bridgehead atoms. The molecule has 4 nitrogen and oxygen atoms in total. The second-order valence-electron chi connectivity index (χ2n) is 4.92. The Kier molecular flexibility index (Phi) is 3.67. The van der Waals surface area contributed by atoms with Crippen LogP contribution in [0.25, 0.3) is 10.8 Å². The van der Waals surface area contributed by atoms with Crippen LogP contribution in [-0.2, 0) is 10.0 Å². The monoisotopic (exact) mass is 310 g/mol. The Balaban J connectivity index is 2.14. The lowest BCUT2D eigenvalue weighted by Gasteiger charge is -2.23. The molecule has 20 heavy (non-hydrogen) atoms. The van der Waals surface area contributed by atoms with Crippen LogP contribution in [0.15, 0.2) is 41.6 Å². The molecule has 2 aromatic rings. The van der Waals surface area contributed by atoms with E-state index in [1.807, 2.05) is 6.07 Å². The van der Waals surface area contributed by atoms with E-state index in [0.29, 0.717) is 22.7 Å². The maximum absolute atomic E-state index is 12.9. The highest BCUT2D eigenvalue weighted by molar-refractivity contribution is 7.89. The lowest BCUT2D eigenvalue weighted by atomic mass is 10.2. The number of benzene rings is 1. The molecule has 0 N–H and O–H groups in total. The number of aromatic nitrogens is 1. The minimum atomic E-state index is -3.51. The van der Waals surface area contributed by atoms with Crippen LogP contribution in [-0.4, -0.2) is 36.2 Å². The van der Waals surface area contributed by atoms with E-state index < -0.39 is 10.0 Å². The van der Waals surface area contributed by atoms with Gasteiger partial charge in [0.25, 0.3) is 0 Å². The number of sulfonamides is 1. The molecule has 1 aromatic heterocycles. The van der Waals surface area contributed by atoms with Crippen molar-refractivity contribution in [2.75, 3.05) is 12.4 Å². The Morgan fingerprint density at radius 3 is 3.00 bits per heavy atom. The third-order valence-electron chi connectivity index (χ3n) is 3.73. The zero-order valence-electron chi connectivity index (χ0n) is 10.9. The summed E-state index contributed by atoms with van der Waals surface area (Å²) in [7, 11) is -3.51. The van der Waals surface area contributed by atoms with Crippen LogP contribution >= 0.6 is 11.6 Å². The number of rotatable bonds is 3. The molecular formula is C14H15ClN2O2S. The van der Waals surface area contributed by atoms with Crippen LogP contribution in [0, 0.1) is 0 Å². The molecule has 1 aliphatic rings. The van der Waals surface area contributed by atoms with Gasteiger partial charge in [-0.15, -0.1) is 11.6 Å². The average molecular weight is 311 g/mol. The number of pyridine rings is 1.